The molecule has 0 saturated heterocycles. The van der Waals surface area contributed by atoms with E-state index in [9.17, 15) is 23.1 Å². The molecule has 0 unspecified atom stereocenters. The second-order valence-electron chi connectivity index (χ2n) is 9.92. The van der Waals surface area contributed by atoms with Gasteiger partial charge < -0.3 is 24.6 Å². The molecule has 2 heterocycles. The quantitative estimate of drug-likeness (QED) is 0.470. The summed E-state index contributed by atoms with van der Waals surface area (Å²) >= 11 is 5.89. The molecule has 1 saturated carbocycles. The molecule has 12 heteroatoms. The summed E-state index contributed by atoms with van der Waals surface area (Å²) < 4.78 is 31.1. The van der Waals surface area contributed by atoms with Gasteiger partial charge in [0.15, 0.2) is 15.7 Å². The third kappa shape index (κ3) is 4.65. The van der Waals surface area contributed by atoms with E-state index in [1.54, 1.807) is 16.7 Å². The van der Waals surface area contributed by atoms with E-state index in [2.05, 4.69) is 10.3 Å². The van der Waals surface area contributed by atoms with Crippen molar-refractivity contribution in [1.29, 1.82) is 0 Å². The third-order valence-electron chi connectivity index (χ3n) is 7.20. The molecular formula is C24H31ClN4O6S. The highest BCUT2D eigenvalue weighted by Gasteiger charge is 2.62. The van der Waals surface area contributed by atoms with Crippen molar-refractivity contribution in [2.45, 2.75) is 55.4 Å². The number of nitrogens with one attached hydrogen (secondary N) is 1. The van der Waals surface area contributed by atoms with Gasteiger partial charge in [-0.2, -0.15) is 0 Å². The summed E-state index contributed by atoms with van der Waals surface area (Å²) in [5, 5.41) is 13.8. The number of amides is 2. The number of hydrogen-bond donors (Lipinski definition) is 2. The SMILES string of the molecule is COC[C@H](O)C(C)(C)S(=O)(=O)C1(CN2CCn3c(cnc3C(=O)NCc3ccc(Cl)cc3)C2=O)CC1. The minimum atomic E-state index is -3.81. The van der Waals surface area contributed by atoms with E-state index in [4.69, 9.17) is 16.3 Å². The summed E-state index contributed by atoms with van der Waals surface area (Å²) in [6, 6.07) is 7.09. The molecule has 2 aliphatic rings. The molecule has 10 nitrogen and oxygen atoms in total. The largest absolute Gasteiger partial charge is 0.389 e. The van der Waals surface area contributed by atoms with Crippen molar-refractivity contribution in [3.63, 3.8) is 0 Å². The van der Waals surface area contributed by atoms with Crippen LogP contribution in [0.15, 0.2) is 30.5 Å². The second kappa shape index (κ2) is 9.77. The summed E-state index contributed by atoms with van der Waals surface area (Å²) in [5.41, 5.74) is 1.11. The Morgan fingerprint density at radius 1 is 1.28 bits per heavy atom. The van der Waals surface area contributed by atoms with E-state index in [-0.39, 0.29) is 43.7 Å². The maximum atomic E-state index is 13.5. The van der Waals surface area contributed by atoms with Crippen LogP contribution in [0.4, 0.5) is 0 Å². The fourth-order valence-corrected chi connectivity index (χ4v) is 7.18. The number of halogens is 1. The number of imidazole rings is 1. The summed E-state index contributed by atoms with van der Waals surface area (Å²) in [6.07, 6.45) is 0.989. The number of aliphatic hydroxyl groups excluding tert-OH is 1. The van der Waals surface area contributed by atoms with Gasteiger partial charge in [0.2, 0.25) is 0 Å². The summed E-state index contributed by atoms with van der Waals surface area (Å²) in [6.45, 7) is 3.76. The van der Waals surface area contributed by atoms with Crippen LogP contribution in [0.1, 0.15) is 53.4 Å². The predicted molar refractivity (Wildman–Crippen MR) is 134 cm³/mol. The molecule has 0 radical (unpaired) electrons. The zero-order chi connectivity index (χ0) is 26.3. The lowest BCUT2D eigenvalue weighted by atomic mass is 10.1. The minimum Gasteiger partial charge on any atom is -0.389 e. The van der Waals surface area contributed by atoms with E-state index in [1.807, 2.05) is 12.1 Å². The van der Waals surface area contributed by atoms with Gasteiger partial charge >= 0.3 is 0 Å². The number of sulfone groups is 1. The molecule has 1 aromatic carbocycles. The summed E-state index contributed by atoms with van der Waals surface area (Å²) in [4.78, 5) is 31.7. The van der Waals surface area contributed by atoms with Crippen LogP contribution in [0.2, 0.25) is 5.02 Å². The van der Waals surface area contributed by atoms with Crippen LogP contribution in [0.5, 0.6) is 0 Å². The highest BCUT2D eigenvalue weighted by Crippen LogP contribution is 2.50. The van der Waals surface area contributed by atoms with Crippen molar-refractivity contribution >= 4 is 33.3 Å². The van der Waals surface area contributed by atoms with Gasteiger partial charge in [0.25, 0.3) is 11.8 Å². The van der Waals surface area contributed by atoms with Crippen molar-refractivity contribution in [1.82, 2.24) is 19.8 Å². The predicted octanol–water partition coefficient (Wildman–Crippen LogP) is 1.66. The molecular weight excluding hydrogens is 508 g/mol. The lowest BCUT2D eigenvalue weighted by Crippen LogP contribution is -2.55. The van der Waals surface area contributed by atoms with E-state index >= 15 is 0 Å². The Labute approximate surface area is 215 Å². The molecule has 196 valence electrons. The Hall–Kier alpha value is -2.47. The van der Waals surface area contributed by atoms with Crippen molar-refractivity contribution in [2.75, 3.05) is 26.8 Å². The van der Waals surface area contributed by atoms with Crippen molar-refractivity contribution in [3.05, 3.63) is 52.6 Å². The molecule has 1 fully saturated rings. The van der Waals surface area contributed by atoms with Crippen molar-refractivity contribution < 1.29 is 27.9 Å². The van der Waals surface area contributed by atoms with Crippen molar-refractivity contribution in [2.24, 2.45) is 0 Å². The van der Waals surface area contributed by atoms with Gasteiger partial charge in [-0.3, -0.25) is 9.59 Å². The number of ether oxygens (including phenoxy) is 1. The maximum absolute atomic E-state index is 13.5. The fraction of sp³-hybridized carbons (Fsp3) is 0.542. The first-order valence-electron chi connectivity index (χ1n) is 11.7. The average Bonchev–Trinajstić information content (AvgIpc) is 3.50. The maximum Gasteiger partial charge on any atom is 0.287 e. The molecule has 0 bridgehead atoms. The number of benzene rings is 1. The fourth-order valence-electron chi connectivity index (χ4n) is 4.55. The molecule has 4 rings (SSSR count). The normalized spacial score (nSPS) is 18.0. The zero-order valence-corrected chi connectivity index (χ0v) is 22.1. The number of carbonyl (C=O) groups excluding carboxylic acids is 2. The number of hydrogen-bond acceptors (Lipinski definition) is 7. The monoisotopic (exact) mass is 538 g/mol. The zero-order valence-electron chi connectivity index (χ0n) is 20.5. The van der Waals surface area contributed by atoms with Crippen LogP contribution in [-0.2, 0) is 27.7 Å². The smallest absolute Gasteiger partial charge is 0.287 e. The highest BCUT2D eigenvalue weighted by molar-refractivity contribution is 7.94. The number of methoxy groups -OCH3 is 1. The molecule has 0 spiro atoms. The second-order valence-corrected chi connectivity index (χ2v) is 13.3. The van der Waals surface area contributed by atoms with Crippen LogP contribution in [-0.4, -0.2) is 82.2 Å². The Morgan fingerprint density at radius 2 is 1.94 bits per heavy atom. The van der Waals surface area contributed by atoms with E-state index in [0.29, 0.717) is 24.4 Å². The number of aliphatic hydroxyl groups is 1. The molecule has 1 aromatic heterocycles. The molecule has 2 N–H and O–H groups in total. The minimum absolute atomic E-state index is 0.0283. The first-order valence-corrected chi connectivity index (χ1v) is 13.6. The first-order chi connectivity index (χ1) is 16.9. The van der Waals surface area contributed by atoms with Gasteiger partial charge in [-0.05, 0) is 44.4 Å². The summed E-state index contributed by atoms with van der Waals surface area (Å²) in [5.74, 6) is -0.653. The van der Waals surface area contributed by atoms with Crippen LogP contribution < -0.4 is 5.32 Å². The topological polar surface area (TPSA) is 131 Å². The van der Waals surface area contributed by atoms with Crippen LogP contribution in [0, 0.1) is 0 Å². The highest BCUT2D eigenvalue weighted by atomic mass is 35.5. The average molecular weight is 539 g/mol. The van der Waals surface area contributed by atoms with Gasteiger partial charge in [0, 0.05) is 38.3 Å². The van der Waals surface area contributed by atoms with Crippen LogP contribution >= 0.6 is 11.6 Å². The number of carbonyl (C=O) groups is 2. The van der Waals surface area contributed by atoms with Crippen molar-refractivity contribution in [3.8, 4) is 0 Å². The number of fused-ring (bicyclic) bond motifs is 1. The Bertz CT molecular complexity index is 1250. The van der Waals surface area contributed by atoms with Gasteiger partial charge in [-0.1, -0.05) is 23.7 Å². The van der Waals surface area contributed by atoms with E-state index in [0.717, 1.165) is 5.56 Å². The molecule has 2 amide bonds. The first kappa shape index (κ1) is 26.6. The molecule has 1 atom stereocenters. The standard InChI is InChI=1S/C24H31ClN4O6S/c1-23(2,19(30)14-35-3)36(33,34)24(8-9-24)15-28-10-11-29-18(22(28)32)13-26-20(29)21(31)27-12-16-4-6-17(25)7-5-16/h4-7,13,19,30H,8-12,14-15H2,1-3H3,(H,27,31)/t19-/m0/s1. The number of nitrogens with zero attached hydrogens (tertiary/aromatic N) is 3. The Balaban J connectivity index is 1.46. The van der Waals surface area contributed by atoms with Gasteiger partial charge in [-0.15, -0.1) is 0 Å². The third-order valence-corrected chi connectivity index (χ3v) is 10.8. The lowest BCUT2D eigenvalue weighted by Gasteiger charge is -2.37. The van der Waals surface area contributed by atoms with Crippen LogP contribution in [0.25, 0.3) is 0 Å². The van der Waals surface area contributed by atoms with E-state index < -0.39 is 31.3 Å². The number of rotatable bonds is 10. The number of aromatic nitrogens is 2. The van der Waals surface area contributed by atoms with Gasteiger partial charge in [0.1, 0.15) is 5.69 Å². The molecule has 36 heavy (non-hydrogen) atoms. The molecule has 1 aliphatic carbocycles. The molecule has 2 aromatic rings. The molecule has 1 aliphatic heterocycles. The van der Waals surface area contributed by atoms with E-state index in [1.165, 1.54) is 32.1 Å². The lowest BCUT2D eigenvalue weighted by molar-refractivity contribution is 0.0431. The summed E-state index contributed by atoms with van der Waals surface area (Å²) in [7, 11) is -2.41. The Kier molecular flexibility index (Phi) is 7.22. The van der Waals surface area contributed by atoms with Gasteiger partial charge in [-0.25, -0.2) is 13.4 Å². The van der Waals surface area contributed by atoms with Crippen LogP contribution in [0.3, 0.4) is 0 Å². The van der Waals surface area contributed by atoms with Gasteiger partial charge in [0.05, 0.1) is 28.4 Å². The Morgan fingerprint density at radius 3 is 2.56 bits per heavy atom.